The van der Waals surface area contributed by atoms with Crippen molar-refractivity contribution in [1.82, 2.24) is 4.98 Å². The number of carbonyl (C=O) groups is 1. The van der Waals surface area contributed by atoms with Gasteiger partial charge < -0.3 is 9.84 Å². The number of hydrogen-bond acceptors (Lipinski definition) is 5. The molecule has 2 aromatic carbocycles. The standard InChI is InChI=1S/C17H13NO3S/c1-21-17(20)12-8-6-11(7-9-12)10-14(19)16-18-13-4-2-3-5-15(13)22-16/h2-10,19H,1H3/b14-10-. The molecule has 1 aromatic heterocycles. The van der Waals surface area contributed by atoms with Crippen molar-refractivity contribution in [3.05, 3.63) is 64.7 Å². The number of thiazole rings is 1. The summed E-state index contributed by atoms with van der Waals surface area (Å²) in [6.07, 6.45) is 1.62. The van der Waals surface area contributed by atoms with Crippen molar-refractivity contribution in [2.24, 2.45) is 0 Å². The number of fused-ring (bicyclic) bond motifs is 1. The van der Waals surface area contributed by atoms with E-state index in [2.05, 4.69) is 9.72 Å². The van der Waals surface area contributed by atoms with Crippen LogP contribution < -0.4 is 0 Å². The Labute approximate surface area is 131 Å². The highest BCUT2D eigenvalue weighted by Crippen LogP contribution is 2.26. The third kappa shape index (κ3) is 2.84. The second kappa shape index (κ2) is 5.99. The van der Waals surface area contributed by atoms with Gasteiger partial charge in [-0.1, -0.05) is 24.3 Å². The monoisotopic (exact) mass is 311 g/mol. The smallest absolute Gasteiger partial charge is 0.337 e. The topological polar surface area (TPSA) is 59.4 Å². The summed E-state index contributed by atoms with van der Waals surface area (Å²) in [5, 5.41) is 10.8. The number of hydrogen-bond donors (Lipinski definition) is 1. The van der Waals surface area contributed by atoms with Crippen LogP contribution in [0.15, 0.2) is 48.5 Å². The summed E-state index contributed by atoms with van der Waals surface area (Å²) in [7, 11) is 1.34. The Morgan fingerprint density at radius 3 is 2.59 bits per heavy atom. The molecule has 0 saturated heterocycles. The summed E-state index contributed by atoms with van der Waals surface area (Å²) in [4.78, 5) is 15.8. The summed E-state index contributed by atoms with van der Waals surface area (Å²) < 4.78 is 5.67. The number of aliphatic hydroxyl groups is 1. The van der Waals surface area contributed by atoms with Crippen molar-refractivity contribution in [2.45, 2.75) is 0 Å². The lowest BCUT2D eigenvalue weighted by Gasteiger charge is -2.00. The molecule has 0 unspecified atom stereocenters. The van der Waals surface area contributed by atoms with Gasteiger partial charge in [-0.15, -0.1) is 11.3 Å². The summed E-state index contributed by atoms with van der Waals surface area (Å²) in [6, 6.07) is 14.5. The zero-order valence-electron chi connectivity index (χ0n) is 11.8. The first kappa shape index (κ1) is 14.3. The molecule has 22 heavy (non-hydrogen) atoms. The average molecular weight is 311 g/mol. The van der Waals surface area contributed by atoms with Gasteiger partial charge in [-0.05, 0) is 35.9 Å². The fourth-order valence-electron chi connectivity index (χ4n) is 2.03. The molecule has 0 atom stereocenters. The summed E-state index contributed by atoms with van der Waals surface area (Å²) in [6.45, 7) is 0. The predicted octanol–water partition coefficient (Wildman–Crippen LogP) is 4.14. The van der Waals surface area contributed by atoms with E-state index in [0.29, 0.717) is 10.6 Å². The van der Waals surface area contributed by atoms with Crippen LogP contribution in [0.25, 0.3) is 22.1 Å². The highest BCUT2D eigenvalue weighted by atomic mass is 32.1. The summed E-state index contributed by atoms with van der Waals surface area (Å²) in [5.74, 6) is -0.280. The van der Waals surface area contributed by atoms with Crippen LogP contribution in [0.5, 0.6) is 0 Å². The molecule has 0 saturated carbocycles. The molecular weight excluding hydrogens is 298 g/mol. The fourth-order valence-corrected chi connectivity index (χ4v) is 2.92. The molecule has 4 nitrogen and oxygen atoms in total. The largest absolute Gasteiger partial charge is 0.505 e. The maximum atomic E-state index is 11.4. The lowest BCUT2D eigenvalue weighted by atomic mass is 10.1. The Morgan fingerprint density at radius 2 is 1.91 bits per heavy atom. The van der Waals surface area contributed by atoms with Crippen molar-refractivity contribution in [3.8, 4) is 0 Å². The molecule has 0 spiro atoms. The maximum absolute atomic E-state index is 11.4. The zero-order chi connectivity index (χ0) is 15.5. The molecule has 0 aliphatic rings. The molecule has 0 fully saturated rings. The maximum Gasteiger partial charge on any atom is 0.337 e. The number of methoxy groups -OCH3 is 1. The molecule has 0 aliphatic heterocycles. The number of esters is 1. The second-order valence-corrected chi connectivity index (χ2v) is 5.66. The van der Waals surface area contributed by atoms with Crippen molar-refractivity contribution in [2.75, 3.05) is 7.11 Å². The molecule has 0 bridgehead atoms. The molecule has 0 amide bonds. The van der Waals surface area contributed by atoms with Gasteiger partial charge in [0.25, 0.3) is 0 Å². The lowest BCUT2D eigenvalue weighted by molar-refractivity contribution is 0.0600. The number of ether oxygens (including phenoxy) is 1. The van der Waals surface area contributed by atoms with Gasteiger partial charge in [-0.3, -0.25) is 0 Å². The van der Waals surface area contributed by atoms with Crippen LogP contribution in [0.4, 0.5) is 0 Å². The van der Waals surface area contributed by atoms with Gasteiger partial charge in [0.05, 0.1) is 22.9 Å². The Morgan fingerprint density at radius 1 is 1.18 bits per heavy atom. The minimum Gasteiger partial charge on any atom is -0.505 e. The van der Waals surface area contributed by atoms with Crippen molar-refractivity contribution < 1.29 is 14.6 Å². The molecule has 0 aliphatic carbocycles. The van der Waals surface area contributed by atoms with Gasteiger partial charge >= 0.3 is 5.97 Å². The van der Waals surface area contributed by atoms with E-state index in [-0.39, 0.29) is 11.7 Å². The van der Waals surface area contributed by atoms with Crippen LogP contribution in [-0.4, -0.2) is 23.2 Å². The zero-order valence-corrected chi connectivity index (χ0v) is 12.6. The predicted molar refractivity (Wildman–Crippen MR) is 87.9 cm³/mol. The van der Waals surface area contributed by atoms with E-state index in [0.717, 1.165) is 15.8 Å². The molecule has 110 valence electrons. The molecule has 1 N–H and O–H groups in total. The Bertz CT molecular complexity index is 817. The number of para-hydroxylation sites is 1. The second-order valence-electron chi connectivity index (χ2n) is 4.63. The molecule has 3 aromatic rings. The average Bonchev–Trinajstić information content (AvgIpc) is 2.99. The van der Waals surface area contributed by atoms with Crippen LogP contribution in [0.3, 0.4) is 0 Å². The van der Waals surface area contributed by atoms with E-state index in [1.807, 2.05) is 24.3 Å². The number of carbonyl (C=O) groups excluding carboxylic acids is 1. The molecule has 0 radical (unpaired) electrons. The Kier molecular flexibility index (Phi) is 3.89. The third-order valence-corrected chi connectivity index (χ3v) is 4.21. The van der Waals surface area contributed by atoms with Crippen molar-refractivity contribution in [3.63, 3.8) is 0 Å². The Hall–Kier alpha value is -2.66. The van der Waals surface area contributed by atoms with Gasteiger partial charge in [0, 0.05) is 0 Å². The van der Waals surface area contributed by atoms with E-state index in [1.165, 1.54) is 18.4 Å². The van der Waals surface area contributed by atoms with Crippen molar-refractivity contribution in [1.29, 1.82) is 0 Å². The van der Waals surface area contributed by atoms with E-state index in [1.54, 1.807) is 30.3 Å². The molecule has 3 rings (SSSR count). The van der Waals surface area contributed by atoms with Crippen LogP contribution in [-0.2, 0) is 4.74 Å². The van der Waals surface area contributed by atoms with Crippen LogP contribution in [0.2, 0.25) is 0 Å². The quantitative estimate of drug-likeness (QED) is 0.583. The number of benzene rings is 2. The van der Waals surface area contributed by atoms with Crippen LogP contribution in [0, 0.1) is 0 Å². The minimum absolute atomic E-state index is 0.104. The number of rotatable bonds is 3. The first-order chi connectivity index (χ1) is 10.7. The van der Waals surface area contributed by atoms with E-state index in [9.17, 15) is 9.90 Å². The van der Waals surface area contributed by atoms with Gasteiger partial charge in [0.15, 0.2) is 10.8 Å². The normalized spacial score (nSPS) is 11.6. The lowest BCUT2D eigenvalue weighted by Crippen LogP contribution is -2.00. The number of nitrogens with zero attached hydrogens (tertiary/aromatic N) is 1. The molecule has 1 heterocycles. The third-order valence-electron chi connectivity index (χ3n) is 3.15. The minimum atomic E-state index is -0.383. The van der Waals surface area contributed by atoms with E-state index in [4.69, 9.17) is 0 Å². The molecule has 5 heteroatoms. The highest BCUT2D eigenvalue weighted by Gasteiger charge is 2.08. The first-order valence-corrected chi connectivity index (χ1v) is 7.44. The van der Waals surface area contributed by atoms with Crippen LogP contribution in [0.1, 0.15) is 20.9 Å². The van der Waals surface area contributed by atoms with Gasteiger partial charge in [-0.2, -0.15) is 0 Å². The van der Waals surface area contributed by atoms with Gasteiger partial charge in [0.2, 0.25) is 0 Å². The summed E-state index contributed by atoms with van der Waals surface area (Å²) in [5.41, 5.74) is 2.12. The highest BCUT2D eigenvalue weighted by molar-refractivity contribution is 7.19. The van der Waals surface area contributed by atoms with E-state index >= 15 is 0 Å². The SMILES string of the molecule is COC(=O)c1ccc(/C=C(\O)c2nc3ccccc3s2)cc1. The van der Waals surface area contributed by atoms with Gasteiger partial charge in [0.1, 0.15) is 0 Å². The summed E-state index contributed by atoms with van der Waals surface area (Å²) >= 11 is 1.43. The molecular formula is C17H13NO3S. The first-order valence-electron chi connectivity index (χ1n) is 6.62. The fraction of sp³-hybridized carbons (Fsp3) is 0.0588. The van der Waals surface area contributed by atoms with Gasteiger partial charge in [-0.25, -0.2) is 9.78 Å². The van der Waals surface area contributed by atoms with Crippen LogP contribution >= 0.6 is 11.3 Å². The van der Waals surface area contributed by atoms with E-state index < -0.39 is 0 Å². The Balaban J connectivity index is 1.88. The van der Waals surface area contributed by atoms with Crippen molar-refractivity contribution >= 4 is 39.4 Å². The number of aromatic nitrogens is 1. The number of aliphatic hydroxyl groups excluding tert-OH is 1.